The molecule has 2 N–H and O–H groups in total. The van der Waals surface area contributed by atoms with E-state index in [1.165, 1.54) is 24.3 Å². The average Bonchev–Trinajstić information content (AvgIpc) is 3.73. The summed E-state index contributed by atoms with van der Waals surface area (Å²) in [4.78, 5) is 50.5. The average molecular weight is 869 g/mol. The lowest BCUT2D eigenvalue weighted by molar-refractivity contribution is 0.222. The van der Waals surface area contributed by atoms with Crippen molar-refractivity contribution in [3.8, 4) is 34.1 Å². The quantitative estimate of drug-likeness (QED) is 0.190. The first-order valence-corrected chi connectivity index (χ1v) is 21.8. The van der Waals surface area contributed by atoms with Crippen molar-refractivity contribution in [2.24, 2.45) is 14.1 Å². The predicted molar refractivity (Wildman–Crippen MR) is 240 cm³/mol. The molecule has 1 aliphatic heterocycles. The molecule has 0 saturated carbocycles. The third kappa shape index (κ3) is 8.38. The maximum absolute atomic E-state index is 13.3. The van der Waals surface area contributed by atoms with Gasteiger partial charge in [-0.3, -0.25) is 24.2 Å². The van der Waals surface area contributed by atoms with Crippen molar-refractivity contribution in [3.63, 3.8) is 0 Å². The lowest BCUT2D eigenvalue weighted by Gasteiger charge is -2.31. The number of hydrogen-bond acceptors (Lipinski definition) is 10. The van der Waals surface area contributed by atoms with E-state index in [0.717, 1.165) is 23.4 Å². The highest BCUT2D eigenvalue weighted by Crippen LogP contribution is 2.33. The van der Waals surface area contributed by atoms with Crippen LogP contribution >= 0.6 is 11.6 Å². The third-order valence-corrected chi connectivity index (χ3v) is 12.9. The van der Waals surface area contributed by atoms with Crippen molar-refractivity contribution in [2.45, 2.75) is 31.6 Å². The molecule has 1 aliphatic rings. The van der Waals surface area contributed by atoms with Crippen LogP contribution in [0.2, 0.25) is 5.02 Å². The first-order valence-electron chi connectivity index (χ1n) is 19.9. The number of para-hydroxylation sites is 1. The van der Waals surface area contributed by atoms with Crippen molar-refractivity contribution in [1.82, 2.24) is 43.3 Å². The van der Waals surface area contributed by atoms with Gasteiger partial charge in [0.15, 0.2) is 5.52 Å². The Morgan fingerprint density at radius 1 is 0.902 bits per heavy atom. The highest BCUT2D eigenvalue weighted by Gasteiger charge is 2.29. The molecule has 3 aromatic carbocycles. The molecular formula is C43H49ClN10O6S. The van der Waals surface area contributed by atoms with Crippen LogP contribution < -0.4 is 26.3 Å². The second-order valence-electron chi connectivity index (χ2n) is 15.1. The Balaban J connectivity index is 0.000000186. The Morgan fingerprint density at radius 2 is 1.64 bits per heavy atom. The van der Waals surface area contributed by atoms with Crippen molar-refractivity contribution in [3.05, 3.63) is 115 Å². The van der Waals surface area contributed by atoms with Crippen LogP contribution in [0.25, 0.3) is 50.3 Å². The highest BCUT2D eigenvalue weighted by atomic mass is 35.5. The van der Waals surface area contributed by atoms with Crippen LogP contribution in [-0.4, -0.2) is 106 Å². The molecule has 18 heteroatoms. The molecule has 0 aliphatic carbocycles. The molecule has 0 bridgehead atoms. The van der Waals surface area contributed by atoms with Gasteiger partial charge in [-0.2, -0.15) is 9.40 Å². The lowest BCUT2D eigenvalue weighted by atomic mass is 10.1. The fraction of sp³-hybridized carbons (Fsp3) is 0.326. The van der Waals surface area contributed by atoms with Gasteiger partial charge in [0.1, 0.15) is 17.1 Å². The Morgan fingerprint density at radius 3 is 2.33 bits per heavy atom. The third-order valence-electron chi connectivity index (χ3n) is 10.7. The number of aromatic amines is 2. The van der Waals surface area contributed by atoms with Crippen LogP contribution in [0.5, 0.6) is 5.75 Å². The summed E-state index contributed by atoms with van der Waals surface area (Å²) in [6.07, 6.45) is 1.54. The Hall–Kier alpha value is -6.01. The highest BCUT2D eigenvalue weighted by molar-refractivity contribution is 7.89. The summed E-state index contributed by atoms with van der Waals surface area (Å²) in [5.41, 5.74) is 4.62. The molecule has 8 rings (SSSR count). The molecule has 0 amide bonds. The molecule has 320 valence electrons. The summed E-state index contributed by atoms with van der Waals surface area (Å²) >= 11 is 6.28. The van der Waals surface area contributed by atoms with E-state index in [2.05, 4.69) is 20.1 Å². The van der Waals surface area contributed by atoms with Gasteiger partial charge in [-0.1, -0.05) is 49.2 Å². The molecule has 4 aromatic heterocycles. The normalized spacial score (nSPS) is 13.7. The van der Waals surface area contributed by atoms with Gasteiger partial charge in [0.25, 0.3) is 16.7 Å². The van der Waals surface area contributed by atoms with E-state index in [1.54, 1.807) is 56.6 Å². The van der Waals surface area contributed by atoms with Crippen LogP contribution in [0, 0.1) is 0 Å². The summed E-state index contributed by atoms with van der Waals surface area (Å²) in [5, 5.41) is 8.37. The number of anilines is 1. The second-order valence-corrected chi connectivity index (χ2v) is 17.4. The minimum absolute atomic E-state index is 0.147. The number of rotatable bonds is 10. The van der Waals surface area contributed by atoms with Gasteiger partial charge >= 0.3 is 0 Å². The van der Waals surface area contributed by atoms with Gasteiger partial charge in [0.2, 0.25) is 10.0 Å². The van der Waals surface area contributed by atoms with Gasteiger partial charge in [-0.25, -0.2) is 18.1 Å². The van der Waals surface area contributed by atoms with E-state index >= 15 is 0 Å². The minimum Gasteiger partial charge on any atom is -0.493 e. The van der Waals surface area contributed by atoms with Gasteiger partial charge in [0, 0.05) is 71.7 Å². The van der Waals surface area contributed by atoms with Crippen molar-refractivity contribution >= 4 is 49.2 Å². The summed E-state index contributed by atoms with van der Waals surface area (Å²) in [5.74, 6) is 0.718. The zero-order chi connectivity index (χ0) is 43.7. The van der Waals surface area contributed by atoms with Crippen LogP contribution in [0.4, 0.5) is 5.69 Å². The fourth-order valence-electron chi connectivity index (χ4n) is 7.45. The maximum Gasteiger partial charge on any atom is 0.281 e. The molecule has 0 spiro atoms. The van der Waals surface area contributed by atoms with Crippen molar-refractivity contribution in [1.29, 1.82) is 0 Å². The monoisotopic (exact) mass is 868 g/mol. The summed E-state index contributed by atoms with van der Waals surface area (Å²) in [6, 6.07) is 21.0. The lowest BCUT2D eigenvalue weighted by Crippen LogP contribution is -2.47. The van der Waals surface area contributed by atoms with E-state index < -0.39 is 10.0 Å². The number of hydrogen-bond donors (Lipinski definition) is 2. The summed E-state index contributed by atoms with van der Waals surface area (Å²) in [7, 11) is 5.55. The van der Waals surface area contributed by atoms with E-state index in [0.29, 0.717) is 88.9 Å². The number of benzene rings is 3. The molecule has 61 heavy (non-hydrogen) atoms. The van der Waals surface area contributed by atoms with E-state index in [1.807, 2.05) is 64.2 Å². The standard InChI is InChI=1S/C22H30N6O4S.C21H19ClN4O2/c1-5-7-17-19-20(27(4)25-17)22(29)24-21(23-19)16-14-15(8-9-18(16)32-6-2)33(30,31)28-12-10-26(3)11-13-28;1-24(2)14-8-6-7-13(11-14)20-19-16(12-18(27)25(20)3)23-26(21(19)28)17-10-5-4-9-15(17)22/h8-9,14H,5-7,10-13H2,1-4H3,(H,23,24,29);4-12,23H,1-3H3. The van der Waals surface area contributed by atoms with Crippen LogP contribution in [-0.2, 0) is 30.5 Å². The minimum atomic E-state index is -3.70. The molecule has 5 heterocycles. The summed E-state index contributed by atoms with van der Waals surface area (Å²) < 4.78 is 38.3. The maximum atomic E-state index is 13.3. The van der Waals surface area contributed by atoms with Gasteiger partial charge < -0.3 is 24.1 Å². The molecule has 16 nitrogen and oxygen atoms in total. The second kappa shape index (κ2) is 17.5. The fourth-order valence-corrected chi connectivity index (χ4v) is 9.12. The molecular weight excluding hydrogens is 820 g/mol. The Labute approximate surface area is 357 Å². The summed E-state index contributed by atoms with van der Waals surface area (Å²) in [6.45, 7) is 6.48. The molecule has 1 fully saturated rings. The number of piperazine rings is 1. The Kier molecular flexibility index (Phi) is 12.4. The van der Waals surface area contributed by atoms with E-state index in [4.69, 9.17) is 21.3 Å². The number of aromatic nitrogens is 7. The Bertz CT molecular complexity index is 3050. The molecule has 0 radical (unpaired) electrons. The number of H-pyrrole nitrogens is 2. The van der Waals surface area contributed by atoms with Gasteiger partial charge in [-0.15, -0.1) is 0 Å². The molecule has 7 aromatic rings. The first kappa shape index (κ1) is 43.1. The SMILES string of the molecule is CCCc1nn(C)c2c(=O)[nH]c(-c3cc(S(=O)(=O)N4CCN(C)CC4)ccc3OCC)nc12.CN(C)c1cccc(-c2c3c(=O)n(-c4ccccc4Cl)[nH]c3cc(=O)n2C)c1. The number of halogens is 1. The predicted octanol–water partition coefficient (Wildman–Crippen LogP) is 5.01. The number of fused-ring (bicyclic) bond motifs is 2. The van der Waals surface area contributed by atoms with Crippen LogP contribution in [0.1, 0.15) is 26.0 Å². The zero-order valence-corrected chi connectivity index (χ0v) is 36.8. The number of likely N-dealkylation sites (N-methyl/N-ethyl adjacent to an activating group) is 1. The smallest absolute Gasteiger partial charge is 0.281 e. The number of sulfonamides is 1. The molecule has 1 saturated heterocycles. The largest absolute Gasteiger partial charge is 0.493 e. The van der Waals surface area contributed by atoms with Crippen LogP contribution in [0.15, 0.2) is 92.1 Å². The zero-order valence-electron chi connectivity index (χ0n) is 35.2. The van der Waals surface area contributed by atoms with E-state index in [9.17, 15) is 22.8 Å². The van der Waals surface area contributed by atoms with Crippen molar-refractivity contribution < 1.29 is 13.2 Å². The molecule has 0 unspecified atom stereocenters. The number of ether oxygens (including phenoxy) is 1. The van der Waals surface area contributed by atoms with Crippen LogP contribution in [0.3, 0.4) is 0 Å². The number of aryl methyl sites for hydroxylation is 2. The first-order chi connectivity index (χ1) is 29.1. The topological polar surface area (TPSA) is 176 Å². The van der Waals surface area contributed by atoms with Gasteiger partial charge in [-0.05, 0) is 62.9 Å². The van der Waals surface area contributed by atoms with E-state index in [-0.39, 0.29) is 27.4 Å². The van der Waals surface area contributed by atoms with Crippen molar-refractivity contribution in [2.75, 3.05) is 58.8 Å². The number of pyridine rings is 1. The number of nitrogens with zero attached hydrogens (tertiary/aromatic N) is 8. The van der Waals surface area contributed by atoms with Gasteiger partial charge in [0.05, 0.1) is 50.1 Å². The molecule has 0 atom stereocenters. The number of nitrogens with one attached hydrogen (secondary N) is 2.